The third-order valence-corrected chi connectivity index (χ3v) is 3.94. The quantitative estimate of drug-likeness (QED) is 0.821. The van der Waals surface area contributed by atoms with Gasteiger partial charge in [-0.15, -0.1) is 11.3 Å². The van der Waals surface area contributed by atoms with Crippen LogP contribution in [0.3, 0.4) is 0 Å². The molecule has 0 saturated carbocycles. The molecule has 1 heterocycles. The molecular formula is C13H11F4NS. The highest BCUT2D eigenvalue weighted by molar-refractivity contribution is 7.10. The second kappa shape index (κ2) is 4.94. The van der Waals surface area contributed by atoms with Gasteiger partial charge in [0.2, 0.25) is 0 Å². The van der Waals surface area contributed by atoms with Gasteiger partial charge in [-0.25, -0.2) is 4.39 Å². The predicted molar refractivity (Wildman–Crippen MR) is 66.5 cm³/mol. The summed E-state index contributed by atoms with van der Waals surface area (Å²) in [6.07, 6.45) is -4.72. The van der Waals surface area contributed by atoms with Gasteiger partial charge in [-0.05, 0) is 41.6 Å². The van der Waals surface area contributed by atoms with Crippen molar-refractivity contribution in [2.24, 2.45) is 5.73 Å². The summed E-state index contributed by atoms with van der Waals surface area (Å²) in [4.78, 5) is 0.778. The molecule has 2 N–H and O–H groups in total. The van der Waals surface area contributed by atoms with Gasteiger partial charge in [0.05, 0.1) is 11.6 Å². The first kappa shape index (κ1) is 14.0. The van der Waals surface area contributed by atoms with E-state index in [-0.39, 0.29) is 5.56 Å². The number of hydrogen-bond donors (Lipinski definition) is 1. The molecule has 0 fully saturated rings. The Hall–Kier alpha value is -1.40. The first-order chi connectivity index (χ1) is 8.80. The zero-order valence-electron chi connectivity index (χ0n) is 9.96. The first-order valence-corrected chi connectivity index (χ1v) is 6.35. The molecule has 1 nitrogen and oxygen atoms in total. The molecular weight excluding hydrogens is 278 g/mol. The number of benzene rings is 1. The molecule has 1 atom stereocenters. The number of thiophene rings is 1. The molecule has 19 heavy (non-hydrogen) atoms. The molecule has 0 amide bonds. The van der Waals surface area contributed by atoms with Crippen molar-refractivity contribution in [3.8, 4) is 0 Å². The fraction of sp³-hybridized carbons (Fsp3) is 0.231. The molecule has 0 saturated heterocycles. The average molecular weight is 289 g/mol. The van der Waals surface area contributed by atoms with Crippen LogP contribution in [0.2, 0.25) is 0 Å². The summed E-state index contributed by atoms with van der Waals surface area (Å²) >= 11 is 1.37. The van der Waals surface area contributed by atoms with Crippen LogP contribution in [0.5, 0.6) is 0 Å². The molecule has 1 aromatic heterocycles. The molecule has 6 heteroatoms. The van der Waals surface area contributed by atoms with Crippen molar-refractivity contribution < 1.29 is 17.6 Å². The van der Waals surface area contributed by atoms with Crippen LogP contribution < -0.4 is 5.73 Å². The topological polar surface area (TPSA) is 26.0 Å². The highest BCUT2D eigenvalue weighted by Gasteiger charge is 2.34. The second-order valence-corrected chi connectivity index (χ2v) is 5.13. The molecule has 0 spiro atoms. The number of rotatable bonds is 2. The van der Waals surface area contributed by atoms with Crippen molar-refractivity contribution in [1.29, 1.82) is 0 Å². The van der Waals surface area contributed by atoms with Crippen LogP contribution in [0.1, 0.15) is 27.6 Å². The minimum absolute atomic E-state index is 0.249. The van der Waals surface area contributed by atoms with E-state index in [2.05, 4.69) is 0 Å². The van der Waals surface area contributed by atoms with Crippen LogP contribution in [-0.2, 0) is 6.18 Å². The summed E-state index contributed by atoms with van der Waals surface area (Å²) in [5, 5.41) is 1.82. The molecule has 0 aliphatic heterocycles. The first-order valence-electron chi connectivity index (χ1n) is 5.47. The van der Waals surface area contributed by atoms with E-state index in [0.29, 0.717) is 0 Å². The zero-order valence-corrected chi connectivity index (χ0v) is 10.8. The third-order valence-electron chi connectivity index (χ3n) is 2.84. The maximum atomic E-state index is 13.2. The molecule has 102 valence electrons. The van der Waals surface area contributed by atoms with Crippen LogP contribution in [0, 0.1) is 12.7 Å². The Morgan fingerprint density at radius 2 is 1.89 bits per heavy atom. The summed E-state index contributed by atoms with van der Waals surface area (Å²) in [6, 6.07) is 4.03. The van der Waals surface area contributed by atoms with Gasteiger partial charge >= 0.3 is 6.18 Å². The molecule has 2 rings (SSSR count). The molecule has 1 unspecified atom stereocenters. The second-order valence-electron chi connectivity index (χ2n) is 4.18. The molecule has 0 radical (unpaired) electrons. The monoisotopic (exact) mass is 289 g/mol. The van der Waals surface area contributed by atoms with Crippen molar-refractivity contribution in [3.05, 3.63) is 57.0 Å². The highest BCUT2D eigenvalue weighted by atomic mass is 32.1. The Morgan fingerprint density at radius 3 is 2.42 bits per heavy atom. The SMILES string of the molecule is Cc1ccsc1C(N)c1ccc(F)c(C(F)(F)F)c1. The highest BCUT2D eigenvalue weighted by Crippen LogP contribution is 2.34. The van der Waals surface area contributed by atoms with Gasteiger partial charge in [-0.3, -0.25) is 0 Å². The Labute approximate surface area is 111 Å². The van der Waals surface area contributed by atoms with Crippen LogP contribution >= 0.6 is 11.3 Å². The molecule has 1 aromatic carbocycles. The van der Waals surface area contributed by atoms with Crippen molar-refractivity contribution in [2.45, 2.75) is 19.1 Å². The maximum Gasteiger partial charge on any atom is 0.419 e. The van der Waals surface area contributed by atoms with E-state index in [1.807, 2.05) is 18.4 Å². The van der Waals surface area contributed by atoms with Crippen LogP contribution in [0.15, 0.2) is 29.6 Å². The number of aryl methyl sites for hydroxylation is 1. The molecule has 0 bridgehead atoms. The molecule has 0 aliphatic rings. The van der Waals surface area contributed by atoms with E-state index < -0.39 is 23.6 Å². The van der Waals surface area contributed by atoms with E-state index in [4.69, 9.17) is 5.73 Å². The van der Waals surface area contributed by atoms with Crippen molar-refractivity contribution in [2.75, 3.05) is 0 Å². The van der Waals surface area contributed by atoms with E-state index in [1.165, 1.54) is 17.4 Å². The number of hydrogen-bond acceptors (Lipinski definition) is 2. The summed E-state index contributed by atoms with van der Waals surface area (Å²) < 4.78 is 51.1. The van der Waals surface area contributed by atoms with Gasteiger partial charge in [0.25, 0.3) is 0 Å². The fourth-order valence-electron chi connectivity index (χ4n) is 1.81. The maximum absolute atomic E-state index is 13.2. The smallest absolute Gasteiger partial charge is 0.320 e. The van der Waals surface area contributed by atoms with Crippen molar-refractivity contribution >= 4 is 11.3 Å². The van der Waals surface area contributed by atoms with Gasteiger partial charge in [0.15, 0.2) is 0 Å². The van der Waals surface area contributed by atoms with Crippen LogP contribution in [0.25, 0.3) is 0 Å². The summed E-state index contributed by atoms with van der Waals surface area (Å²) in [7, 11) is 0. The summed E-state index contributed by atoms with van der Waals surface area (Å²) in [5.74, 6) is -1.29. The lowest BCUT2D eigenvalue weighted by molar-refractivity contribution is -0.140. The van der Waals surface area contributed by atoms with Crippen molar-refractivity contribution in [3.63, 3.8) is 0 Å². The Morgan fingerprint density at radius 1 is 1.21 bits per heavy atom. The van der Waals surface area contributed by atoms with E-state index in [9.17, 15) is 17.6 Å². The van der Waals surface area contributed by atoms with Gasteiger partial charge < -0.3 is 5.73 Å². The minimum Gasteiger partial charge on any atom is -0.320 e. The normalized spacial score (nSPS) is 13.6. The minimum atomic E-state index is -4.72. The van der Waals surface area contributed by atoms with E-state index >= 15 is 0 Å². The molecule has 2 aromatic rings. The lowest BCUT2D eigenvalue weighted by atomic mass is 10.0. The lowest BCUT2D eigenvalue weighted by Crippen LogP contribution is -2.14. The van der Waals surface area contributed by atoms with Gasteiger partial charge in [0.1, 0.15) is 5.82 Å². The fourth-order valence-corrected chi connectivity index (χ4v) is 2.76. The number of alkyl halides is 3. The standard InChI is InChI=1S/C13H11F4NS/c1-7-4-5-19-12(7)11(18)8-2-3-10(14)9(6-8)13(15,16)17/h2-6,11H,18H2,1H3. The average Bonchev–Trinajstić information content (AvgIpc) is 2.73. The lowest BCUT2D eigenvalue weighted by Gasteiger charge is -2.15. The zero-order chi connectivity index (χ0) is 14.2. The van der Waals surface area contributed by atoms with Gasteiger partial charge in [-0.1, -0.05) is 6.07 Å². The van der Waals surface area contributed by atoms with Crippen LogP contribution in [-0.4, -0.2) is 0 Å². The molecule has 0 aliphatic carbocycles. The van der Waals surface area contributed by atoms with Crippen LogP contribution in [0.4, 0.5) is 17.6 Å². The predicted octanol–water partition coefficient (Wildman–Crippen LogP) is 4.26. The number of halogens is 4. The largest absolute Gasteiger partial charge is 0.419 e. The Bertz CT molecular complexity index is 589. The third kappa shape index (κ3) is 2.79. The van der Waals surface area contributed by atoms with Gasteiger partial charge in [-0.2, -0.15) is 13.2 Å². The summed E-state index contributed by atoms with van der Waals surface area (Å²) in [5.41, 5.74) is 5.82. The Balaban J connectivity index is 2.44. The van der Waals surface area contributed by atoms with Crippen molar-refractivity contribution in [1.82, 2.24) is 0 Å². The van der Waals surface area contributed by atoms with E-state index in [1.54, 1.807) is 0 Å². The Kier molecular flexibility index (Phi) is 3.64. The van der Waals surface area contributed by atoms with E-state index in [0.717, 1.165) is 22.6 Å². The number of nitrogens with two attached hydrogens (primary N) is 1. The van der Waals surface area contributed by atoms with Gasteiger partial charge in [0, 0.05) is 4.88 Å². The summed E-state index contributed by atoms with van der Waals surface area (Å²) in [6.45, 7) is 1.83.